The number of nitrogens with two attached hydrogens (primary N) is 1. The van der Waals surface area contributed by atoms with Gasteiger partial charge in [-0.3, -0.25) is 27.5 Å². The van der Waals surface area contributed by atoms with Crippen molar-refractivity contribution in [3.8, 4) is 0 Å². The lowest BCUT2D eigenvalue weighted by atomic mass is 10.1. The summed E-state index contributed by atoms with van der Waals surface area (Å²) in [5.41, 5.74) is 5.73. The Bertz CT molecular complexity index is 1890. The molecule has 3 saturated heterocycles. The zero-order valence-electron chi connectivity index (χ0n) is 21.9. The van der Waals surface area contributed by atoms with E-state index in [1.54, 1.807) is 0 Å². The summed E-state index contributed by atoms with van der Waals surface area (Å²) in [5.74, 6) is 0.0771. The Kier molecular flexibility index (Phi) is 7.41. The van der Waals surface area contributed by atoms with Crippen LogP contribution < -0.4 is 11.3 Å². The van der Waals surface area contributed by atoms with E-state index in [-0.39, 0.29) is 28.1 Å². The molecular weight excluding hydrogens is 652 g/mol. The lowest BCUT2D eigenvalue weighted by Crippen LogP contribution is -2.39. The van der Waals surface area contributed by atoms with Gasteiger partial charge in [-0.2, -0.15) is 0 Å². The Balaban J connectivity index is 1.17. The van der Waals surface area contributed by atoms with Crippen molar-refractivity contribution in [2.45, 2.75) is 49.1 Å². The number of aromatic amines is 1. The molecule has 0 aliphatic carbocycles. The lowest BCUT2D eigenvalue weighted by molar-refractivity contribution is -0.0629. The molecular formula is C20H23N9O12P2S. The summed E-state index contributed by atoms with van der Waals surface area (Å²) in [6.07, 6.45) is -6.65. The Hall–Kier alpha value is -2.82. The van der Waals surface area contributed by atoms with Crippen LogP contribution in [0.5, 0.6) is 0 Å². The quantitative estimate of drug-likeness (QED) is 0.128. The molecule has 3 aliphatic rings. The molecule has 4 aromatic rings. The normalized spacial score (nSPS) is 38.3. The number of fused-ring (bicyclic) bond motifs is 4. The number of rotatable bonds is 2. The number of aliphatic hydroxyl groups excluding tert-OH is 2. The van der Waals surface area contributed by atoms with Crippen molar-refractivity contribution in [1.82, 2.24) is 39.0 Å². The van der Waals surface area contributed by atoms with Crippen LogP contribution >= 0.6 is 14.5 Å². The molecule has 21 nitrogen and oxygen atoms in total. The average molecular weight is 675 g/mol. The first-order valence-electron chi connectivity index (χ1n) is 12.7. The number of nitrogen functional groups attached to an aromatic ring is 1. The topological polar surface area (TPSA) is 287 Å². The fourth-order valence-corrected chi connectivity index (χ4v) is 7.65. The van der Waals surface area contributed by atoms with Gasteiger partial charge < -0.3 is 44.7 Å². The number of aromatic nitrogens is 8. The number of phosphoric acid groups is 1. The van der Waals surface area contributed by atoms with Crippen LogP contribution in [0.4, 0.5) is 5.82 Å². The Morgan fingerprint density at radius 3 is 2.16 bits per heavy atom. The van der Waals surface area contributed by atoms with Crippen molar-refractivity contribution in [3.63, 3.8) is 0 Å². The first kappa shape index (κ1) is 29.9. The van der Waals surface area contributed by atoms with E-state index in [0.29, 0.717) is 0 Å². The molecule has 6 unspecified atom stereocenters. The molecule has 4 aromatic heterocycles. The smallest absolute Gasteiger partial charge is 0.386 e. The molecule has 0 saturated carbocycles. The van der Waals surface area contributed by atoms with Gasteiger partial charge in [0.15, 0.2) is 35.1 Å². The minimum absolute atomic E-state index is 0.0448. The minimum Gasteiger partial charge on any atom is -0.386 e. The number of hydrogen-bond donors (Lipinski definition) is 6. The van der Waals surface area contributed by atoms with Crippen LogP contribution in [0.2, 0.25) is 0 Å². The van der Waals surface area contributed by atoms with Crippen LogP contribution in [0, 0.1) is 0 Å². The van der Waals surface area contributed by atoms with Gasteiger partial charge in [0, 0.05) is 0 Å². The number of ether oxygens (including phenoxy) is 2. The third-order valence-electron chi connectivity index (χ3n) is 7.23. The standard InChI is InChI=1S/C20H23N9O12P2S/c21-15-9-16(23-3-22-15)28(5-26-9)20-12(31)14-7(38-20)1-36-42(33,34)40-13-8(2-37-43(35,44)41-14)39-19(11(13)30)29-6-27-10-17(29)24-4-25-18(10)32/h3-8,11-14,19-20,30-31H,1-2H2,(H,33,34)(H,35,44)(H2,21,22,23)(H,24,25,32)/t7?,8?,11-,12-,13-,14-,19?,20?,43?/m1/s1. The van der Waals surface area contributed by atoms with Gasteiger partial charge in [-0.1, -0.05) is 0 Å². The lowest BCUT2D eigenvalue weighted by Gasteiger charge is -2.29. The molecule has 44 heavy (non-hydrogen) atoms. The van der Waals surface area contributed by atoms with Crippen LogP contribution in [0.25, 0.3) is 22.3 Å². The predicted molar refractivity (Wildman–Crippen MR) is 146 cm³/mol. The van der Waals surface area contributed by atoms with E-state index >= 15 is 0 Å². The molecule has 0 radical (unpaired) electrons. The van der Waals surface area contributed by atoms with Crippen molar-refractivity contribution in [2.24, 2.45) is 0 Å². The van der Waals surface area contributed by atoms with Crippen LogP contribution in [-0.2, 0) is 43.9 Å². The van der Waals surface area contributed by atoms with E-state index in [4.69, 9.17) is 45.1 Å². The molecule has 0 aromatic carbocycles. The molecule has 0 amide bonds. The van der Waals surface area contributed by atoms with E-state index < -0.39 is 82.4 Å². The van der Waals surface area contributed by atoms with Crippen molar-refractivity contribution in [2.75, 3.05) is 18.9 Å². The fraction of sp³-hybridized carbons (Fsp3) is 0.500. The third-order valence-corrected chi connectivity index (χ3v) is 9.78. The molecule has 7 heterocycles. The van der Waals surface area contributed by atoms with E-state index in [0.717, 1.165) is 6.33 Å². The number of nitrogens with one attached hydrogen (secondary N) is 1. The van der Waals surface area contributed by atoms with Gasteiger partial charge in [-0.25, -0.2) is 29.5 Å². The van der Waals surface area contributed by atoms with Gasteiger partial charge in [-0.15, -0.1) is 0 Å². The van der Waals surface area contributed by atoms with Crippen molar-refractivity contribution < 1.29 is 52.1 Å². The Morgan fingerprint density at radius 2 is 1.48 bits per heavy atom. The fourth-order valence-electron chi connectivity index (χ4n) is 5.24. The second-order valence-corrected chi connectivity index (χ2v) is 14.1. The van der Waals surface area contributed by atoms with Gasteiger partial charge in [0.1, 0.15) is 48.5 Å². The van der Waals surface area contributed by atoms with Crippen LogP contribution in [0.1, 0.15) is 12.5 Å². The van der Waals surface area contributed by atoms with Gasteiger partial charge in [-0.05, 0) is 11.8 Å². The minimum atomic E-state index is -4.98. The highest BCUT2D eigenvalue weighted by molar-refractivity contribution is 8.07. The highest BCUT2D eigenvalue weighted by atomic mass is 32.5. The van der Waals surface area contributed by atoms with Crippen molar-refractivity contribution >= 4 is 54.5 Å². The number of imidazole rings is 2. The summed E-state index contributed by atoms with van der Waals surface area (Å²) < 4.78 is 49.1. The highest BCUT2D eigenvalue weighted by Crippen LogP contribution is 2.53. The molecule has 236 valence electrons. The van der Waals surface area contributed by atoms with Gasteiger partial charge in [0.2, 0.25) is 0 Å². The number of nitrogens with zero attached hydrogens (tertiary/aromatic N) is 7. The number of H-pyrrole nitrogens is 1. The SMILES string of the molecule is Nc1ncnc2c1ncn2C1OC2COP(=O)(O)O[C@@H]3C(COP(O)(=S)O[C@H]2[C@H]1O)OC(n1cnc2c(=O)[nH]cnc21)[C@@H]3O. The highest BCUT2D eigenvalue weighted by Gasteiger charge is 2.53. The Morgan fingerprint density at radius 1 is 0.886 bits per heavy atom. The number of phosphoric ester groups is 1. The third kappa shape index (κ3) is 5.16. The summed E-state index contributed by atoms with van der Waals surface area (Å²) >= 11 is 5.19. The van der Waals surface area contributed by atoms with Crippen LogP contribution in [0.15, 0.2) is 30.1 Å². The number of aliphatic hydroxyl groups is 2. The summed E-state index contributed by atoms with van der Waals surface area (Å²) in [6, 6.07) is 0. The second kappa shape index (κ2) is 10.9. The zero-order valence-corrected chi connectivity index (χ0v) is 24.5. The molecule has 3 aliphatic heterocycles. The van der Waals surface area contributed by atoms with Gasteiger partial charge in [0.05, 0.1) is 32.2 Å². The maximum absolute atomic E-state index is 13.1. The summed E-state index contributed by atoms with van der Waals surface area (Å²) in [4.78, 5) is 56.2. The first-order chi connectivity index (χ1) is 20.9. The molecule has 0 spiro atoms. The van der Waals surface area contributed by atoms with E-state index in [2.05, 4.69) is 29.9 Å². The van der Waals surface area contributed by atoms with E-state index in [9.17, 15) is 29.4 Å². The molecule has 7 N–H and O–H groups in total. The van der Waals surface area contributed by atoms with Crippen LogP contribution in [-0.4, -0.2) is 109 Å². The van der Waals surface area contributed by atoms with Crippen molar-refractivity contribution in [1.29, 1.82) is 0 Å². The largest absolute Gasteiger partial charge is 0.472 e. The van der Waals surface area contributed by atoms with Gasteiger partial charge >= 0.3 is 14.5 Å². The van der Waals surface area contributed by atoms with Crippen molar-refractivity contribution in [3.05, 3.63) is 35.7 Å². The monoisotopic (exact) mass is 675 g/mol. The molecule has 10 atom stereocenters. The average Bonchev–Trinajstić information content (AvgIpc) is 3.73. The van der Waals surface area contributed by atoms with E-state index in [1.807, 2.05) is 0 Å². The maximum atomic E-state index is 13.1. The Labute approximate surface area is 249 Å². The van der Waals surface area contributed by atoms with Crippen LogP contribution in [0.3, 0.4) is 0 Å². The van der Waals surface area contributed by atoms with E-state index in [1.165, 1.54) is 28.1 Å². The summed E-state index contributed by atoms with van der Waals surface area (Å²) in [5, 5.41) is 22.3. The molecule has 24 heteroatoms. The second-order valence-electron chi connectivity index (χ2n) is 9.92. The maximum Gasteiger partial charge on any atom is 0.472 e. The molecule has 3 fully saturated rings. The number of anilines is 1. The zero-order chi connectivity index (χ0) is 31.0. The summed E-state index contributed by atoms with van der Waals surface area (Å²) in [6.45, 7) is -5.50. The molecule has 7 rings (SSSR count). The summed E-state index contributed by atoms with van der Waals surface area (Å²) in [7, 11) is -4.98. The van der Waals surface area contributed by atoms with Gasteiger partial charge in [0.25, 0.3) is 5.56 Å². The number of hydrogen-bond acceptors (Lipinski definition) is 17. The first-order valence-corrected chi connectivity index (χ1v) is 16.8. The predicted octanol–water partition coefficient (Wildman–Crippen LogP) is -1.81. The molecule has 0 bridgehead atoms.